The molecule has 0 spiro atoms. The molecule has 3 fully saturated rings. The van der Waals surface area contributed by atoms with E-state index in [9.17, 15) is 13.2 Å². The zero-order chi connectivity index (χ0) is 17.7. The van der Waals surface area contributed by atoms with Crippen molar-refractivity contribution in [3.8, 4) is 0 Å². The van der Waals surface area contributed by atoms with Crippen LogP contribution >= 0.6 is 0 Å². The number of carboxylic acid groups (broad SMARTS) is 1. The highest BCUT2D eigenvalue weighted by molar-refractivity contribution is 5.73. The van der Waals surface area contributed by atoms with E-state index >= 15 is 0 Å². The number of ether oxygens (including phenoxy) is 2. The van der Waals surface area contributed by atoms with E-state index in [0.29, 0.717) is 24.9 Å². The average molecular weight is 351 g/mol. The lowest BCUT2D eigenvalue weighted by atomic mass is 10.1. The van der Waals surface area contributed by atoms with Gasteiger partial charge in [-0.2, -0.15) is 13.2 Å². The van der Waals surface area contributed by atoms with Gasteiger partial charge in [0.25, 0.3) is 0 Å². The number of carbonyl (C=O) groups is 1. The summed E-state index contributed by atoms with van der Waals surface area (Å²) in [5.41, 5.74) is 0. The number of aliphatic carboxylic acids is 1. The Morgan fingerprint density at radius 1 is 1.33 bits per heavy atom. The third kappa shape index (κ3) is 5.46. The summed E-state index contributed by atoms with van der Waals surface area (Å²) in [5, 5.41) is 7.12. The van der Waals surface area contributed by atoms with Crippen molar-refractivity contribution in [3.63, 3.8) is 0 Å². The molecular formula is C16H24F3NO4. The first-order chi connectivity index (χ1) is 11.3. The third-order valence-corrected chi connectivity index (χ3v) is 4.51. The minimum absolute atomic E-state index is 0.292. The van der Waals surface area contributed by atoms with Gasteiger partial charge in [0.05, 0.1) is 25.4 Å². The first-order valence-electron chi connectivity index (χ1n) is 8.21. The van der Waals surface area contributed by atoms with Crippen LogP contribution < -0.4 is 0 Å². The van der Waals surface area contributed by atoms with Gasteiger partial charge in [0.2, 0.25) is 0 Å². The Labute approximate surface area is 139 Å². The Morgan fingerprint density at radius 3 is 2.54 bits per heavy atom. The molecule has 1 saturated heterocycles. The molecule has 0 bridgehead atoms. The van der Waals surface area contributed by atoms with E-state index < -0.39 is 12.1 Å². The summed E-state index contributed by atoms with van der Waals surface area (Å²) < 4.78 is 43.5. The summed E-state index contributed by atoms with van der Waals surface area (Å²) in [6.07, 6.45) is 2.60. The minimum Gasteiger partial charge on any atom is -0.475 e. The molecule has 1 heterocycles. The topological polar surface area (TPSA) is 59.0 Å². The fourth-order valence-electron chi connectivity index (χ4n) is 3.22. The van der Waals surface area contributed by atoms with Crippen LogP contribution in [0.25, 0.3) is 0 Å². The zero-order valence-corrected chi connectivity index (χ0v) is 13.5. The van der Waals surface area contributed by atoms with Gasteiger partial charge < -0.3 is 14.6 Å². The van der Waals surface area contributed by atoms with Gasteiger partial charge >= 0.3 is 12.1 Å². The number of halogens is 3. The summed E-state index contributed by atoms with van der Waals surface area (Å²) in [6, 6.07) is 0.610. The molecule has 5 nitrogen and oxygen atoms in total. The highest BCUT2D eigenvalue weighted by Gasteiger charge is 2.44. The van der Waals surface area contributed by atoms with Crippen LogP contribution in [0.1, 0.15) is 25.7 Å². The molecule has 0 unspecified atom stereocenters. The van der Waals surface area contributed by atoms with E-state index in [2.05, 4.69) is 11.5 Å². The van der Waals surface area contributed by atoms with Crippen molar-refractivity contribution < 1.29 is 32.5 Å². The average Bonchev–Trinajstić information content (AvgIpc) is 3.23. The second kappa shape index (κ2) is 8.31. The molecule has 3 rings (SSSR count). The lowest BCUT2D eigenvalue weighted by molar-refractivity contribution is -0.192. The molecule has 2 aliphatic carbocycles. The molecule has 2 saturated carbocycles. The molecule has 0 radical (unpaired) electrons. The zero-order valence-electron chi connectivity index (χ0n) is 13.5. The molecule has 3 aliphatic rings. The number of rotatable bonds is 5. The normalized spacial score (nSPS) is 30.2. The molecule has 0 amide bonds. The third-order valence-electron chi connectivity index (χ3n) is 4.51. The molecule has 8 heteroatoms. The highest BCUT2D eigenvalue weighted by atomic mass is 19.4. The van der Waals surface area contributed by atoms with Gasteiger partial charge in [0.15, 0.2) is 0 Å². The summed E-state index contributed by atoms with van der Waals surface area (Å²) in [6.45, 7) is 7.65. The fourth-order valence-corrected chi connectivity index (χ4v) is 3.22. The van der Waals surface area contributed by atoms with Crippen molar-refractivity contribution in [2.24, 2.45) is 5.92 Å². The molecule has 24 heavy (non-hydrogen) atoms. The number of alkyl halides is 3. The quantitative estimate of drug-likeness (QED) is 0.771. The smallest absolute Gasteiger partial charge is 0.475 e. The van der Waals surface area contributed by atoms with Gasteiger partial charge in [0, 0.05) is 19.1 Å². The SMILES string of the molecule is C=CCO[C@@H]1CC[C@H]2[C@H]1OCCN2CC1CC1.O=C(O)C(F)(F)F. The Morgan fingerprint density at radius 2 is 2.00 bits per heavy atom. The number of hydrogen-bond donors (Lipinski definition) is 1. The summed E-state index contributed by atoms with van der Waals surface area (Å²) in [5.74, 6) is -1.78. The first-order valence-corrected chi connectivity index (χ1v) is 8.21. The van der Waals surface area contributed by atoms with Crippen LogP contribution in [0, 0.1) is 5.92 Å². The molecule has 0 aromatic rings. The van der Waals surface area contributed by atoms with E-state index in [-0.39, 0.29) is 0 Å². The molecule has 1 aliphatic heterocycles. The van der Waals surface area contributed by atoms with Crippen molar-refractivity contribution >= 4 is 5.97 Å². The number of nitrogens with zero attached hydrogens (tertiary/aromatic N) is 1. The van der Waals surface area contributed by atoms with Crippen molar-refractivity contribution in [2.45, 2.75) is 50.1 Å². The maximum atomic E-state index is 10.6. The molecule has 3 atom stereocenters. The Hall–Kier alpha value is -1.12. The molecule has 0 aromatic heterocycles. The molecule has 1 N–H and O–H groups in total. The Kier molecular flexibility index (Phi) is 6.65. The lowest BCUT2D eigenvalue weighted by Gasteiger charge is -2.39. The van der Waals surface area contributed by atoms with E-state index in [4.69, 9.17) is 19.4 Å². The van der Waals surface area contributed by atoms with Gasteiger partial charge in [-0.05, 0) is 31.6 Å². The number of carboxylic acids is 1. The lowest BCUT2D eigenvalue weighted by Crippen LogP contribution is -2.52. The van der Waals surface area contributed by atoms with Crippen LogP contribution in [0.15, 0.2) is 12.7 Å². The van der Waals surface area contributed by atoms with Crippen LogP contribution in [0.3, 0.4) is 0 Å². The van der Waals surface area contributed by atoms with Crippen molar-refractivity contribution in [1.29, 1.82) is 0 Å². The van der Waals surface area contributed by atoms with Crippen LogP contribution in [0.5, 0.6) is 0 Å². The Bertz CT molecular complexity index is 440. The van der Waals surface area contributed by atoms with Crippen LogP contribution in [0.2, 0.25) is 0 Å². The molecular weight excluding hydrogens is 327 g/mol. The molecule has 138 valence electrons. The summed E-state index contributed by atoms with van der Waals surface area (Å²) in [4.78, 5) is 11.6. The van der Waals surface area contributed by atoms with Crippen LogP contribution in [-0.4, -0.2) is 66.7 Å². The van der Waals surface area contributed by atoms with Gasteiger partial charge in [-0.15, -0.1) is 6.58 Å². The van der Waals surface area contributed by atoms with E-state index in [1.54, 1.807) is 0 Å². The number of morpholine rings is 1. The number of fused-ring (bicyclic) bond motifs is 1. The molecule has 0 aromatic carbocycles. The maximum Gasteiger partial charge on any atom is 0.490 e. The highest BCUT2D eigenvalue weighted by Crippen LogP contribution is 2.36. The van der Waals surface area contributed by atoms with E-state index in [1.807, 2.05) is 6.08 Å². The van der Waals surface area contributed by atoms with Gasteiger partial charge in [-0.25, -0.2) is 4.79 Å². The van der Waals surface area contributed by atoms with Gasteiger partial charge in [-0.3, -0.25) is 4.90 Å². The second-order valence-electron chi connectivity index (χ2n) is 6.38. The van der Waals surface area contributed by atoms with E-state index in [1.165, 1.54) is 25.8 Å². The van der Waals surface area contributed by atoms with Crippen molar-refractivity contribution in [1.82, 2.24) is 4.90 Å². The monoisotopic (exact) mass is 351 g/mol. The standard InChI is InChI=1S/C14H23NO2.C2HF3O2/c1-2-8-16-13-6-5-12-14(13)17-9-7-15(12)10-11-3-4-11;3-2(4,5)1(6)7/h2,11-14H,1,3-10H2;(H,6,7)/t12-,13+,14+;/m0./s1. The van der Waals surface area contributed by atoms with Crippen molar-refractivity contribution in [2.75, 3.05) is 26.3 Å². The predicted molar refractivity (Wildman–Crippen MR) is 80.7 cm³/mol. The van der Waals surface area contributed by atoms with Crippen LogP contribution in [-0.2, 0) is 14.3 Å². The van der Waals surface area contributed by atoms with E-state index in [0.717, 1.165) is 25.5 Å². The predicted octanol–water partition coefficient (Wildman–Crippen LogP) is 2.46. The largest absolute Gasteiger partial charge is 0.490 e. The minimum atomic E-state index is -5.08. The maximum absolute atomic E-state index is 10.6. The van der Waals surface area contributed by atoms with Crippen LogP contribution in [0.4, 0.5) is 13.2 Å². The van der Waals surface area contributed by atoms with Gasteiger partial charge in [0.1, 0.15) is 0 Å². The Balaban J connectivity index is 0.000000256. The second-order valence-corrected chi connectivity index (χ2v) is 6.38. The van der Waals surface area contributed by atoms with Gasteiger partial charge in [-0.1, -0.05) is 6.08 Å². The first kappa shape index (κ1) is 19.2. The number of hydrogen-bond acceptors (Lipinski definition) is 4. The summed E-state index contributed by atoms with van der Waals surface area (Å²) >= 11 is 0. The summed E-state index contributed by atoms with van der Waals surface area (Å²) in [7, 11) is 0. The van der Waals surface area contributed by atoms with Crippen molar-refractivity contribution in [3.05, 3.63) is 12.7 Å². The fraction of sp³-hybridized carbons (Fsp3) is 0.812.